The van der Waals surface area contributed by atoms with Crippen molar-refractivity contribution in [3.63, 3.8) is 0 Å². The minimum Gasteiger partial charge on any atom is -0.327 e. The van der Waals surface area contributed by atoms with Crippen LogP contribution in [0.4, 0.5) is 4.79 Å². The van der Waals surface area contributed by atoms with E-state index in [1.165, 1.54) is 12.8 Å². The van der Waals surface area contributed by atoms with Crippen LogP contribution >= 0.6 is 0 Å². The summed E-state index contributed by atoms with van der Waals surface area (Å²) in [5, 5.41) is 0. The molecule has 1 aromatic heterocycles. The molecular weight excluding hydrogens is 238 g/mol. The summed E-state index contributed by atoms with van der Waals surface area (Å²) in [5.74, 6) is 0. The van der Waals surface area contributed by atoms with Gasteiger partial charge < -0.3 is 9.80 Å². The first-order chi connectivity index (χ1) is 9.27. The van der Waals surface area contributed by atoms with Crippen molar-refractivity contribution in [3.8, 4) is 0 Å². The van der Waals surface area contributed by atoms with Gasteiger partial charge in [-0.25, -0.2) is 4.79 Å². The zero-order chi connectivity index (χ0) is 13.5. The molecule has 1 fully saturated rings. The highest BCUT2D eigenvalue weighted by atomic mass is 16.2. The summed E-state index contributed by atoms with van der Waals surface area (Å²) >= 11 is 0. The van der Waals surface area contributed by atoms with Crippen LogP contribution in [0.1, 0.15) is 31.4 Å². The molecule has 0 bridgehead atoms. The van der Waals surface area contributed by atoms with Gasteiger partial charge >= 0.3 is 6.03 Å². The van der Waals surface area contributed by atoms with Crippen molar-refractivity contribution >= 4 is 6.03 Å². The Morgan fingerprint density at radius 1 is 1.26 bits per heavy atom. The summed E-state index contributed by atoms with van der Waals surface area (Å²) in [6, 6.07) is 6.07. The normalized spacial score (nSPS) is 15.9. The molecular formula is C15H23N3O. The molecule has 4 heteroatoms. The number of hydrogen-bond acceptors (Lipinski definition) is 2. The molecule has 1 aliphatic heterocycles. The van der Waals surface area contributed by atoms with E-state index < -0.39 is 0 Å². The fourth-order valence-electron chi connectivity index (χ4n) is 2.43. The van der Waals surface area contributed by atoms with E-state index in [4.69, 9.17) is 0 Å². The van der Waals surface area contributed by atoms with Crippen molar-refractivity contribution in [3.05, 3.63) is 30.1 Å². The maximum absolute atomic E-state index is 12.3. The van der Waals surface area contributed by atoms with Crippen LogP contribution in [0.25, 0.3) is 0 Å². The molecule has 4 nitrogen and oxygen atoms in total. The quantitative estimate of drug-likeness (QED) is 0.838. The molecule has 2 heterocycles. The average Bonchev–Trinajstić information content (AvgIpc) is 2.74. The molecule has 104 valence electrons. The first kappa shape index (κ1) is 13.8. The number of likely N-dealkylation sites (N-methyl/N-ethyl adjacent to an activating group) is 1. The van der Waals surface area contributed by atoms with E-state index in [-0.39, 0.29) is 6.03 Å². The Hall–Kier alpha value is -1.58. The Balaban J connectivity index is 1.81. The number of urea groups is 1. The standard InChI is InChI=1S/C15H23N3O/c1-17(13-9-14-8-4-5-10-16-14)15(19)18-11-6-2-3-7-12-18/h4-5,8,10H,2-3,6-7,9,11-13H2,1H3. The molecule has 0 atom stereocenters. The summed E-state index contributed by atoms with van der Waals surface area (Å²) in [6.45, 7) is 2.55. The minimum absolute atomic E-state index is 0.165. The van der Waals surface area contributed by atoms with E-state index in [0.717, 1.165) is 44.6 Å². The van der Waals surface area contributed by atoms with Gasteiger partial charge in [0.15, 0.2) is 0 Å². The highest BCUT2D eigenvalue weighted by Gasteiger charge is 2.18. The van der Waals surface area contributed by atoms with Crippen LogP contribution in [0.2, 0.25) is 0 Å². The maximum atomic E-state index is 12.3. The number of carbonyl (C=O) groups excluding carboxylic acids is 1. The van der Waals surface area contributed by atoms with Gasteiger partial charge in [0.1, 0.15) is 0 Å². The van der Waals surface area contributed by atoms with Crippen molar-refractivity contribution in [2.24, 2.45) is 0 Å². The Labute approximate surface area is 115 Å². The SMILES string of the molecule is CN(CCc1ccccn1)C(=O)N1CCCCCC1. The van der Waals surface area contributed by atoms with Gasteiger partial charge in [-0.2, -0.15) is 0 Å². The molecule has 1 aromatic rings. The first-order valence-corrected chi connectivity index (χ1v) is 7.17. The predicted octanol–water partition coefficient (Wildman–Crippen LogP) is 2.55. The largest absolute Gasteiger partial charge is 0.327 e. The Morgan fingerprint density at radius 2 is 2.00 bits per heavy atom. The number of amides is 2. The third-order valence-corrected chi connectivity index (χ3v) is 3.63. The average molecular weight is 261 g/mol. The van der Waals surface area contributed by atoms with Crippen LogP contribution in [0.5, 0.6) is 0 Å². The van der Waals surface area contributed by atoms with E-state index in [0.29, 0.717) is 0 Å². The lowest BCUT2D eigenvalue weighted by molar-refractivity contribution is 0.165. The van der Waals surface area contributed by atoms with Crippen LogP contribution in [0, 0.1) is 0 Å². The number of aromatic nitrogens is 1. The van der Waals surface area contributed by atoms with Gasteiger partial charge in [-0.15, -0.1) is 0 Å². The van der Waals surface area contributed by atoms with Crippen molar-refractivity contribution in [2.45, 2.75) is 32.1 Å². The highest BCUT2D eigenvalue weighted by Crippen LogP contribution is 2.11. The molecule has 0 saturated carbocycles. The van der Waals surface area contributed by atoms with Gasteiger partial charge in [0, 0.05) is 45.0 Å². The van der Waals surface area contributed by atoms with Crippen molar-refractivity contribution < 1.29 is 4.79 Å². The van der Waals surface area contributed by atoms with Crippen LogP contribution < -0.4 is 0 Å². The highest BCUT2D eigenvalue weighted by molar-refractivity contribution is 5.74. The summed E-state index contributed by atoms with van der Waals surface area (Å²) in [7, 11) is 1.89. The minimum atomic E-state index is 0.165. The summed E-state index contributed by atoms with van der Waals surface area (Å²) in [4.78, 5) is 20.4. The number of pyridine rings is 1. The molecule has 1 saturated heterocycles. The van der Waals surface area contributed by atoms with Gasteiger partial charge in [0.25, 0.3) is 0 Å². The molecule has 0 unspecified atom stereocenters. The van der Waals surface area contributed by atoms with Crippen LogP contribution in [0.15, 0.2) is 24.4 Å². The fourth-order valence-corrected chi connectivity index (χ4v) is 2.43. The molecule has 2 rings (SSSR count). The zero-order valence-electron chi connectivity index (χ0n) is 11.7. The van der Waals surface area contributed by atoms with Crippen molar-refractivity contribution in [2.75, 3.05) is 26.7 Å². The summed E-state index contributed by atoms with van der Waals surface area (Å²) < 4.78 is 0. The second kappa shape index (κ2) is 7.12. The molecule has 0 aliphatic carbocycles. The summed E-state index contributed by atoms with van der Waals surface area (Å²) in [6.07, 6.45) is 7.39. The van der Waals surface area contributed by atoms with Gasteiger partial charge in [0.2, 0.25) is 0 Å². The first-order valence-electron chi connectivity index (χ1n) is 7.17. The smallest absolute Gasteiger partial charge is 0.319 e. The van der Waals surface area contributed by atoms with E-state index in [1.54, 1.807) is 6.20 Å². The topological polar surface area (TPSA) is 36.4 Å². The lowest BCUT2D eigenvalue weighted by Gasteiger charge is -2.27. The van der Waals surface area contributed by atoms with Gasteiger partial charge in [-0.1, -0.05) is 18.9 Å². The maximum Gasteiger partial charge on any atom is 0.319 e. The predicted molar refractivity (Wildman–Crippen MR) is 76.0 cm³/mol. The molecule has 19 heavy (non-hydrogen) atoms. The zero-order valence-corrected chi connectivity index (χ0v) is 11.7. The van der Waals surface area contributed by atoms with E-state index >= 15 is 0 Å². The van der Waals surface area contributed by atoms with Crippen molar-refractivity contribution in [1.82, 2.24) is 14.8 Å². The molecule has 0 radical (unpaired) electrons. The Kier molecular flexibility index (Phi) is 5.19. The molecule has 0 spiro atoms. The van der Waals surface area contributed by atoms with Gasteiger partial charge in [0.05, 0.1) is 0 Å². The third kappa shape index (κ3) is 4.23. The number of rotatable bonds is 3. The molecule has 1 aliphatic rings. The molecule has 0 N–H and O–H groups in total. The van der Waals surface area contributed by atoms with E-state index in [2.05, 4.69) is 4.98 Å². The van der Waals surface area contributed by atoms with Gasteiger partial charge in [-0.3, -0.25) is 4.98 Å². The number of nitrogens with zero attached hydrogens (tertiary/aromatic N) is 3. The van der Waals surface area contributed by atoms with Gasteiger partial charge in [-0.05, 0) is 25.0 Å². The van der Waals surface area contributed by atoms with E-state index in [1.807, 2.05) is 35.0 Å². The summed E-state index contributed by atoms with van der Waals surface area (Å²) in [5.41, 5.74) is 1.04. The lowest BCUT2D eigenvalue weighted by Crippen LogP contribution is -2.42. The third-order valence-electron chi connectivity index (χ3n) is 3.63. The second-order valence-electron chi connectivity index (χ2n) is 5.18. The fraction of sp³-hybridized carbons (Fsp3) is 0.600. The van der Waals surface area contributed by atoms with E-state index in [9.17, 15) is 4.79 Å². The second-order valence-corrected chi connectivity index (χ2v) is 5.18. The lowest BCUT2D eigenvalue weighted by atomic mass is 10.2. The van der Waals surface area contributed by atoms with Crippen LogP contribution in [-0.4, -0.2) is 47.5 Å². The molecule has 2 amide bonds. The number of likely N-dealkylation sites (tertiary alicyclic amines) is 1. The van der Waals surface area contributed by atoms with Crippen LogP contribution in [0.3, 0.4) is 0 Å². The Morgan fingerprint density at radius 3 is 2.63 bits per heavy atom. The number of carbonyl (C=O) groups is 1. The van der Waals surface area contributed by atoms with Crippen molar-refractivity contribution in [1.29, 1.82) is 0 Å². The van der Waals surface area contributed by atoms with Crippen LogP contribution in [-0.2, 0) is 6.42 Å². The Bertz CT molecular complexity index is 386. The monoisotopic (exact) mass is 261 g/mol. The molecule has 0 aromatic carbocycles. The number of hydrogen-bond donors (Lipinski definition) is 0.